The van der Waals surface area contributed by atoms with E-state index in [0.29, 0.717) is 12.1 Å². The van der Waals surface area contributed by atoms with E-state index in [0.717, 1.165) is 32.5 Å². The summed E-state index contributed by atoms with van der Waals surface area (Å²) in [6.07, 6.45) is 4.85. The SMILES string of the molecule is C[C@@H]1CNCCN1C(=O)NC1CCCC1. The molecule has 1 aliphatic carbocycles. The van der Waals surface area contributed by atoms with Crippen molar-refractivity contribution in [3.05, 3.63) is 0 Å². The lowest BCUT2D eigenvalue weighted by molar-refractivity contribution is 0.161. The van der Waals surface area contributed by atoms with Crippen LogP contribution in [0.4, 0.5) is 4.79 Å². The van der Waals surface area contributed by atoms with Crippen LogP contribution in [0.5, 0.6) is 0 Å². The minimum Gasteiger partial charge on any atom is -0.335 e. The molecule has 2 N–H and O–H groups in total. The maximum absolute atomic E-state index is 12.0. The molecule has 1 atom stereocenters. The normalized spacial score (nSPS) is 28.1. The van der Waals surface area contributed by atoms with Crippen LogP contribution in [0.25, 0.3) is 0 Å². The Bertz CT molecular complexity index is 226. The van der Waals surface area contributed by atoms with Gasteiger partial charge in [0.1, 0.15) is 0 Å². The lowest BCUT2D eigenvalue weighted by atomic mass is 10.2. The van der Waals surface area contributed by atoms with Gasteiger partial charge in [0.2, 0.25) is 0 Å². The van der Waals surface area contributed by atoms with Gasteiger partial charge in [-0.25, -0.2) is 4.79 Å². The molecule has 1 saturated heterocycles. The highest BCUT2D eigenvalue weighted by molar-refractivity contribution is 5.75. The number of carbonyl (C=O) groups excluding carboxylic acids is 1. The fourth-order valence-electron chi connectivity index (χ4n) is 2.47. The van der Waals surface area contributed by atoms with Gasteiger partial charge in [0.15, 0.2) is 0 Å². The first-order valence-electron chi connectivity index (χ1n) is 6.05. The van der Waals surface area contributed by atoms with Crippen molar-refractivity contribution in [1.82, 2.24) is 15.5 Å². The van der Waals surface area contributed by atoms with Crippen molar-refractivity contribution in [2.45, 2.75) is 44.7 Å². The molecule has 4 heteroatoms. The van der Waals surface area contributed by atoms with Gasteiger partial charge in [-0.2, -0.15) is 0 Å². The summed E-state index contributed by atoms with van der Waals surface area (Å²) in [5.74, 6) is 0. The Morgan fingerprint density at radius 3 is 2.80 bits per heavy atom. The number of carbonyl (C=O) groups is 1. The molecule has 0 aromatic carbocycles. The molecule has 0 unspecified atom stereocenters. The van der Waals surface area contributed by atoms with Gasteiger partial charge in [-0.15, -0.1) is 0 Å². The third kappa shape index (κ3) is 2.62. The Labute approximate surface area is 91.4 Å². The van der Waals surface area contributed by atoms with Gasteiger partial charge in [-0.1, -0.05) is 12.8 Å². The van der Waals surface area contributed by atoms with Gasteiger partial charge < -0.3 is 15.5 Å². The predicted molar refractivity (Wildman–Crippen MR) is 59.8 cm³/mol. The van der Waals surface area contributed by atoms with E-state index < -0.39 is 0 Å². The van der Waals surface area contributed by atoms with E-state index >= 15 is 0 Å². The number of urea groups is 1. The molecule has 1 heterocycles. The summed E-state index contributed by atoms with van der Waals surface area (Å²) >= 11 is 0. The Morgan fingerprint density at radius 1 is 1.40 bits per heavy atom. The number of nitrogens with one attached hydrogen (secondary N) is 2. The molecule has 2 fully saturated rings. The number of nitrogens with zero attached hydrogens (tertiary/aromatic N) is 1. The Hall–Kier alpha value is -0.770. The largest absolute Gasteiger partial charge is 0.335 e. The molecule has 4 nitrogen and oxygen atoms in total. The first kappa shape index (κ1) is 10.7. The van der Waals surface area contributed by atoms with E-state index in [9.17, 15) is 4.79 Å². The lowest BCUT2D eigenvalue weighted by Gasteiger charge is -2.34. The molecular weight excluding hydrogens is 190 g/mol. The first-order valence-corrected chi connectivity index (χ1v) is 6.05. The highest BCUT2D eigenvalue weighted by Crippen LogP contribution is 2.18. The van der Waals surface area contributed by atoms with E-state index in [1.165, 1.54) is 12.8 Å². The average molecular weight is 211 g/mol. The molecule has 1 aliphatic heterocycles. The number of hydrogen-bond acceptors (Lipinski definition) is 2. The molecule has 2 aliphatic rings. The Balaban J connectivity index is 1.83. The molecule has 0 aromatic rings. The minimum atomic E-state index is 0.135. The van der Waals surface area contributed by atoms with E-state index in [-0.39, 0.29) is 6.03 Å². The van der Waals surface area contributed by atoms with Gasteiger partial charge >= 0.3 is 6.03 Å². The second-order valence-electron chi connectivity index (χ2n) is 4.68. The maximum Gasteiger partial charge on any atom is 0.317 e. The zero-order chi connectivity index (χ0) is 10.7. The van der Waals surface area contributed by atoms with Gasteiger partial charge in [0, 0.05) is 31.7 Å². The third-order valence-corrected chi connectivity index (χ3v) is 3.44. The Kier molecular flexibility index (Phi) is 3.46. The summed E-state index contributed by atoms with van der Waals surface area (Å²) in [7, 11) is 0. The van der Waals surface area contributed by atoms with Crippen molar-refractivity contribution < 1.29 is 4.79 Å². The zero-order valence-corrected chi connectivity index (χ0v) is 9.46. The van der Waals surface area contributed by atoms with Crippen molar-refractivity contribution in [1.29, 1.82) is 0 Å². The van der Waals surface area contributed by atoms with Crippen LogP contribution in [0, 0.1) is 0 Å². The van der Waals surface area contributed by atoms with E-state index in [1.807, 2.05) is 4.90 Å². The molecule has 2 amide bonds. The van der Waals surface area contributed by atoms with Crippen LogP contribution in [0.2, 0.25) is 0 Å². The summed E-state index contributed by atoms with van der Waals surface area (Å²) in [6.45, 7) is 4.76. The first-order chi connectivity index (χ1) is 7.27. The number of piperazine rings is 1. The van der Waals surface area contributed by atoms with Crippen LogP contribution in [-0.4, -0.2) is 42.6 Å². The van der Waals surface area contributed by atoms with Crippen LogP contribution in [0.3, 0.4) is 0 Å². The second-order valence-corrected chi connectivity index (χ2v) is 4.68. The van der Waals surface area contributed by atoms with E-state index in [1.54, 1.807) is 0 Å². The quantitative estimate of drug-likeness (QED) is 0.678. The summed E-state index contributed by atoms with van der Waals surface area (Å²) in [5, 5.41) is 6.43. The fraction of sp³-hybridized carbons (Fsp3) is 0.909. The molecule has 0 bridgehead atoms. The molecule has 15 heavy (non-hydrogen) atoms. The molecule has 2 rings (SSSR count). The average Bonchev–Trinajstić information content (AvgIpc) is 2.71. The van der Waals surface area contributed by atoms with Crippen LogP contribution in [-0.2, 0) is 0 Å². The topological polar surface area (TPSA) is 44.4 Å². The highest BCUT2D eigenvalue weighted by Gasteiger charge is 2.25. The van der Waals surface area contributed by atoms with Crippen molar-refractivity contribution >= 4 is 6.03 Å². The second kappa shape index (κ2) is 4.84. The summed E-state index contributed by atoms with van der Waals surface area (Å²) in [5.41, 5.74) is 0. The van der Waals surface area contributed by atoms with Crippen LogP contribution >= 0.6 is 0 Å². The molecule has 0 radical (unpaired) electrons. The van der Waals surface area contributed by atoms with Gasteiger partial charge in [0.05, 0.1) is 0 Å². The molecular formula is C11H21N3O. The highest BCUT2D eigenvalue weighted by atomic mass is 16.2. The third-order valence-electron chi connectivity index (χ3n) is 3.44. The van der Waals surface area contributed by atoms with Crippen molar-refractivity contribution in [2.24, 2.45) is 0 Å². The number of rotatable bonds is 1. The smallest absolute Gasteiger partial charge is 0.317 e. The van der Waals surface area contributed by atoms with Crippen molar-refractivity contribution in [3.8, 4) is 0 Å². The van der Waals surface area contributed by atoms with E-state index in [4.69, 9.17) is 0 Å². The summed E-state index contributed by atoms with van der Waals surface area (Å²) < 4.78 is 0. The molecule has 86 valence electrons. The summed E-state index contributed by atoms with van der Waals surface area (Å²) in [6, 6.07) is 0.885. The Morgan fingerprint density at radius 2 is 2.13 bits per heavy atom. The van der Waals surface area contributed by atoms with Crippen molar-refractivity contribution in [3.63, 3.8) is 0 Å². The lowest BCUT2D eigenvalue weighted by Crippen LogP contribution is -2.56. The number of amides is 2. The van der Waals surface area contributed by atoms with Gasteiger partial charge in [-0.05, 0) is 19.8 Å². The number of hydrogen-bond donors (Lipinski definition) is 2. The van der Waals surface area contributed by atoms with Gasteiger partial charge in [-0.3, -0.25) is 0 Å². The minimum absolute atomic E-state index is 0.135. The van der Waals surface area contributed by atoms with Crippen molar-refractivity contribution in [2.75, 3.05) is 19.6 Å². The molecule has 0 spiro atoms. The maximum atomic E-state index is 12.0. The predicted octanol–water partition coefficient (Wildman–Crippen LogP) is 0.932. The monoisotopic (exact) mass is 211 g/mol. The zero-order valence-electron chi connectivity index (χ0n) is 9.46. The molecule has 1 saturated carbocycles. The van der Waals surface area contributed by atoms with Crippen LogP contribution in [0.15, 0.2) is 0 Å². The fourth-order valence-corrected chi connectivity index (χ4v) is 2.47. The van der Waals surface area contributed by atoms with Gasteiger partial charge in [0.25, 0.3) is 0 Å². The van der Waals surface area contributed by atoms with Crippen LogP contribution in [0.1, 0.15) is 32.6 Å². The van der Waals surface area contributed by atoms with E-state index in [2.05, 4.69) is 17.6 Å². The standard InChI is InChI=1S/C11H21N3O/c1-9-8-12-6-7-14(9)11(15)13-10-4-2-3-5-10/h9-10,12H,2-8H2,1H3,(H,13,15)/t9-/m1/s1. The van der Waals surface area contributed by atoms with Crippen LogP contribution < -0.4 is 10.6 Å². The summed E-state index contributed by atoms with van der Waals surface area (Å²) in [4.78, 5) is 13.9. The molecule has 0 aromatic heterocycles.